The van der Waals surface area contributed by atoms with Crippen molar-refractivity contribution in [3.05, 3.63) is 33.6 Å². The Morgan fingerprint density at radius 2 is 2.12 bits per heavy atom. The molecule has 0 spiro atoms. The van der Waals surface area contributed by atoms with E-state index < -0.39 is 5.82 Å². The van der Waals surface area contributed by atoms with Gasteiger partial charge in [0.1, 0.15) is 5.82 Å². The van der Waals surface area contributed by atoms with Crippen LogP contribution >= 0.6 is 23.2 Å². The molecule has 1 aliphatic heterocycles. The van der Waals surface area contributed by atoms with Gasteiger partial charge in [0.25, 0.3) is 0 Å². The Kier molecular flexibility index (Phi) is 4.26. The van der Waals surface area contributed by atoms with Crippen LogP contribution in [0.25, 0.3) is 0 Å². The number of nitrogens with two attached hydrogens (primary N) is 1. The molecule has 0 aliphatic carbocycles. The Morgan fingerprint density at radius 1 is 1.35 bits per heavy atom. The molecule has 0 radical (unpaired) electrons. The van der Waals surface area contributed by atoms with Crippen LogP contribution in [0.5, 0.6) is 0 Å². The molecule has 1 atom stereocenters. The fourth-order valence-electron chi connectivity index (χ4n) is 2.16. The number of rotatable bonds is 2. The van der Waals surface area contributed by atoms with Crippen molar-refractivity contribution >= 4 is 23.2 Å². The lowest BCUT2D eigenvalue weighted by molar-refractivity contribution is 0.201. The van der Waals surface area contributed by atoms with Gasteiger partial charge in [-0.2, -0.15) is 0 Å². The Balaban J connectivity index is 2.10. The van der Waals surface area contributed by atoms with Crippen LogP contribution in [0.2, 0.25) is 10.0 Å². The lowest BCUT2D eigenvalue weighted by atomic mass is 10.1. The van der Waals surface area contributed by atoms with Gasteiger partial charge in [-0.25, -0.2) is 4.39 Å². The highest BCUT2D eigenvalue weighted by Crippen LogP contribution is 2.29. The molecule has 2 rings (SSSR count). The van der Waals surface area contributed by atoms with Gasteiger partial charge in [0, 0.05) is 19.1 Å². The molecule has 1 aromatic carbocycles. The third-order valence-electron chi connectivity index (χ3n) is 3.05. The molecule has 0 amide bonds. The van der Waals surface area contributed by atoms with Crippen molar-refractivity contribution in [2.45, 2.75) is 25.4 Å². The summed E-state index contributed by atoms with van der Waals surface area (Å²) in [5, 5.41) is 0.316. The van der Waals surface area contributed by atoms with Crippen LogP contribution in [0.1, 0.15) is 18.4 Å². The molecule has 0 bridgehead atoms. The molecule has 5 heteroatoms. The molecule has 17 heavy (non-hydrogen) atoms. The molecule has 2 N–H and O–H groups in total. The number of nitrogens with zero attached hydrogens (tertiary/aromatic N) is 1. The first-order valence-corrected chi connectivity index (χ1v) is 6.44. The second-order valence-electron chi connectivity index (χ2n) is 4.47. The minimum atomic E-state index is -0.476. The SMILES string of the molecule is N[C@@H]1CCCN(Cc2ccc(F)c(Cl)c2Cl)C1. The maximum absolute atomic E-state index is 13.2. The lowest BCUT2D eigenvalue weighted by Crippen LogP contribution is -2.42. The van der Waals surface area contributed by atoms with E-state index in [1.54, 1.807) is 6.07 Å². The van der Waals surface area contributed by atoms with Crippen molar-refractivity contribution in [1.29, 1.82) is 0 Å². The van der Waals surface area contributed by atoms with Gasteiger partial charge in [0.05, 0.1) is 10.0 Å². The smallest absolute Gasteiger partial charge is 0.143 e. The highest BCUT2D eigenvalue weighted by atomic mass is 35.5. The minimum Gasteiger partial charge on any atom is -0.327 e. The molecule has 1 saturated heterocycles. The first-order chi connectivity index (χ1) is 8.08. The van der Waals surface area contributed by atoms with Gasteiger partial charge in [-0.1, -0.05) is 29.3 Å². The zero-order chi connectivity index (χ0) is 12.4. The van der Waals surface area contributed by atoms with E-state index in [0.29, 0.717) is 11.6 Å². The Hall–Kier alpha value is -0.350. The molecular weight excluding hydrogens is 262 g/mol. The van der Waals surface area contributed by atoms with E-state index in [2.05, 4.69) is 4.90 Å². The Bertz CT molecular complexity index is 412. The van der Waals surface area contributed by atoms with Crippen LogP contribution in [0.3, 0.4) is 0 Å². The van der Waals surface area contributed by atoms with Crippen LogP contribution in [0, 0.1) is 5.82 Å². The first kappa shape index (κ1) is 13.1. The maximum atomic E-state index is 13.2. The van der Waals surface area contributed by atoms with E-state index in [9.17, 15) is 4.39 Å². The average molecular weight is 277 g/mol. The van der Waals surface area contributed by atoms with Crippen molar-refractivity contribution in [2.24, 2.45) is 5.73 Å². The van der Waals surface area contributed by atoms with Gasteiger partial charge in [0.15, 0.2) is 0 Å². The summed E-state index contributed by atoms with van der Waals surface area (Å²) in [6, 6.07) is 3.26. The van der Waals surface area contributed by atoms with Gasteiger partial charge in [-0.3, -0.25) is 4.90 Å². The standard InChI is InChI=1S/C12H15Cl2FN2/c13-11-8(3-4-10(15)12(11)14)6-17-5-1-2-9(16)7-17/h3-4,9H,1-2,5-7,16H2/t9-/m1/s1. The zero-order valence-electron chi connectivity index (χ0n) is 9.43. The molecule has 1 aromatic rings. The predicted octanol–water partition coefficient (Wildman–Crippen LogP) is 3.06. The Morgan fingerprint density at radius 3 is 2.82 bits per heavy atom. The number of hydrogen-bond donors (Lipinski definition) is 1. The molecule has 1 heterocycles. The quantitative estimate of drug-likeness (QED) is 0.842. The third kappa shape index (κ3) is 3.10. The third-order valence-corrected chi connectivity index (χ3v) is 3.95. The summed E-state index contributed by atoms with van der Waals surface area (Å²) in [5.41, 5.74) is 6.76. The van der Waals surface area contributed by atoms with E-state index in [0.717, 1.165) is 31.5 Å². The average Bonchev–Trinajstić information content (AvgIpc) is 2.30. The monoisotopic (exact) mass is 276 g/mol. The van der Waals surface area contributed by atoms with Crippen molar-refractivity contribution < 1.29 is 4.39 Å². The summed E-state index contributed by atoms with van der Waals surface area (Å²) in [6.45, 7) is 2.52. The molecule has 0 saturated carbocycles. The topological polar surface area (TPSA) is 29.3 Å². The summed E-state index contributed by atoms with van der Waals surface area (Å²) in [6.07, 6.45) is 2.15. The van der Waals surface area contributed by atoms with E-state index >= 15 is 0 Å². The second kappa shape index (κ2) is 5.53. The summed E-state index contributed by atoms with van der Waals surface area (Å²) >= 11 is 11.8. The van der Waals surface area contributed by atoms with Crippen molar-refractivity contribution in [2.75, 3.05) is 13.1 Å². The molecule has 2 nitrogen and oxygen atoms in total. The number of likely N-dealkylation sites (tertiary alicyclic amines) is 1. The molecule has 1 fully saturated rings. The maximum Gasteiger partial charge on any atom is 0.143 e. The second-order valence-corrected chi connectivity index (χ2v) is 5.23. The normalized spacial score (nSPS) is 21.8. The summed E-state index contributed by atoms with van der Waals surface area (Å²) < 4.78 is 13.2. The molecule has 0 aromatic heterocycles. The zero-order valence-corrected chi connectivity index (χ0v) is 10.9. The van der Waals surface area contributed by atoms with E-state index in [-0.39, 0.29) is 11.1 Å². The highest BCUT2D eigenvalue weighted by Gasteiger charge is 2.18. The van der Waals surface area contributed by atoms with Crippen molar-refractivity contribution in [1.82, 2.24) is 4.90 Å². The summed E-state index contributed by atoms with van der Waals surface area (Å²) in [4.78, 5) is 2.23. The largest absolute Gasteiger partial charge is 0.327 e. The number of halogens is 3. The fraction of sp³-hybridized carbons (Fsp3) is 0.500. The van der Waals surface area contributed by atoms with Gasteiger partial charge in [-0.15, -0.1) is 0 Å². The molecule has 94 valence electrons. The fourth-order valence-corrected chi connectivity index (χ4v) is 2.56. The van der Waals surface area contributed by atoms with Gasteiger partial charge >= 0.3 is 0 Å². The lowest BCUT2D eigenvalue weighted by Gasteiger charge is -2.30. The van der Waals surface area contributed by atoms with Crippen LogP contribution in [0.4, 0.5) is 4.39 Å². The summed E-state index contributed by atoms with van der Waals surface area (Å²) in [5.74, 6) is -0.476. The van der Waals surface area contributed by atoms with Gasteiger partial charge in [0.2, 0.25) is 0 Å². The van der Waals surface area contributed by atoms with Crippen LogP contribution in [0.15, 0.2) is 12.1 Å². The van der Waals surface area contributed by atoms with E-state index in [4.69, 9.17) is 28.9 Å². The van der Waals surface area contributed by atoms with Crippen LogP contribution in [-0.4, -0.2) is 24.0 Å². The Labute approximate surface area is 110 Å². The van der Waals surface area contributed by atoms with Crippen molar-refractivity contribution in [3.63, 3.8) is 0 Å². The number of benzene rings is 1. The van der Waals surface area contributed by atoms with E-state index in [1.807, 2.05) is 0 Å². The predicted molar refractivity (Wildman–Crippen MR) is 68.9 cm³/mol. The molecular formula is C12H15Cl2FN2. The number of hydrogen-bond acceptors (Lipinski definition) is 2. The highest BCUT2D eigenvalue weighted by molar-refractivity contribution is 6.42. The van der Waals surface area contributed by atoms with Gasteiger partial charge < -0.3 is 5.73 Å². The van der Waals surface area contributed by atoms with Crippen LogP contribution < -0.4 is 5.73 Å². The minimum absolute atomic E-state index is 0.00507. The first-order valence-electron chi connectivity index (χ1n) is 5.68. The number of piperidine rings is 1. The van der Waals surface area contributed by atoms with Gasteiger partial charge in [-0.05, 0) is 31.0 Å². The molecule has 1 aliphatic rings. The van der Waals surface area contributed by atoms with Crippen LogP contribution in [-0.2, 0) is 6.54 Å². The van der Waals surface area contributed by atoms with E-state index in [1.165, 1.54) is 6.07 Å². The summed E-state index contributed by atoms with van der Waals surface area (Å²) in [7, 11) is 0. The van der Waals surface area contributed by atoms with Crippen molar-refractivity contribution in [3.8, 4) is 0 Å². The molecule has 0 unspecified atom stereocenters.